The first-order chi connectivity index (χ1) is 12.3. The molecule has 0 unspecified atom stereocenters. The maximum absolute atomic E-state index is 6.39. The van der Waals surface area contributed by atoms with Crippen molar-refractivity contribution in [3.8, 4) is 5.88 Å². The van der Waals surface area contributed by atoms with Crippen molar-refractivity contribution in [3.05, 3.63) is 17.3 Å². The Morgan fingerprint density at radius 1 is 1.23 bits per heavy atom. The summed E-state index contributed by atoms with van der Waals surface area (Å²) in [6, 6.07) is 2.15. The van der Waals surface area contributed by atoms with Crippen molar-refractivity contribution in [1.29, 1.82) is 0 Å². The molecule has 0 radical (unpaired) electrons. The van der Waals surface area contributed by atoms with Gasteiger partial charge in [-0.25, -0.2) is 9.98 Å². The average Bonchev–Trinajstić information content (AvgIpc) is 2.60. The van der Waals surface area contributed by atoms with Gasteiger partial charge in [-0.15, -0.1) is 0 Å². The van der Waals surface area contributed by atoms with Crippen molar-refractivity contribution in [2.75, 3.05) is 13.6 Å². The number of hydrogen-bond donors (Lipinski definition) is 0. The summed E-state index contributed by atoms with van der Waals surface area (Å²) in [5.41, 5.74) is 3.03. The van der Waals surface area contributed by atoms with E-state index in [2.05, 4.69) is 50.6 Å². The molecule has 4 nitrogen and oxygen atoms in total. The van der Waals surface area contributed by atoms with Crippen molar-refractivity contribution in [1.82, 2.24) is 9.88 Å². The Hall–Kier alpha value is -1.58. The Bertz CT molecular complexity index is 602. The molecule has 1 saturated carbocycles. The lowest BCUT2D eigenvalue weighted by Gasteiger charge is -2.31. The Kier molecular flexibility index (Phi) is 7.48. The van der Waals surface area contributed by atoms with Crippen LogP contribution in [-0.2, 0) is 0 Å². The average molecular weight is 360 g/mol. The predicted molar refractivity (Wildman–Crippen MR) is 111 cm³/mol. The molecular weight excluding hydrogens is 322 g/mol. The second-order valence-corrected chi connectivity index (χ2v) is 8.36. The molecule has 146 valence electrons. The fourth-order valence-electron chi connectivity index (χ4n) is 3.50. The number of rotatable bonds is 7. The number of aryl methyl sites for hydroxylation is 1. The lowest BCUT2D eigenvalue weighted by Crippen LogP contribution is -2.27. The smallest absolute Gasteiger partial charge is 0.217 e. The van der Waals surface area contributed by atoms with Gasteiger partial charge in [-0.1, -0.05) is 27.7 Å². The monoisotopic (exact) mass is 359 g/mol. The van der Waals surface area contributed by atoms with Gasteiger partial charge >= 0.3 is 0 Å². The van der Waals surface area contributed by atoms with E-state index in [1.54, 1.807) is 0 Å². The molecule has 0 N–H and O–H groups in total. The Morgan fingerprint density at radius 3 is 2.42 bits per heavy atom. The van der Waals surface area contributed by atoms with Crippen molar-refractivity contribution in [2.45, 2.75) is 79.2 Å². The molecule has 1 aliphatic carbocycles. The number of pyridine rings is 1. The second-order valence-electron chi connectivity index (χ2n) is 8.36. The number of ether oxygens (including phenoxy) is 1. The summed E-state index contributed by atoms with van der Waals surface area (Å²) in [5.74, 6) is 2.80. The summed E-state index contributed by atoms with van der Waals surface area (Å²) in [6.45, 7) is 14.1. The number of aromatic nitrogens is 1. The van der Waals surface area contributed by atoms with Crippen LogP contribution in [0.1, 0.15) is 77.5 Å². The van der Waals surface area contributed by atoms with E-state index in [1.165, 1.54) is 12.8 Å². The molecule has 26 heavy (non-hydrogen) atoms. The van der Waals surface area contributed by atoms with E-state index >= 15 is 0 Å². The molecular formula is C22H37N3O. The van der Waals surface area contributed by atoms with Gasteiger partial charge in [-0.05, 0) is 63.4 Å². The number of nitrogens with zero attached hydrogens (tertiary/aromatic N) is 3. The molecule has 0 amide bonds. The molecule has 0 spiro atoms. The molecule has 4 heteroatoms. The maximum Gasteiger partial charge on any atom is 0.217 e. The first-order valence-electron chi connectivity index (χ1n) is 10.2. The normalized spacial score (nSPS) is 21.0. The van der Waals surface area contributed by atoms with Crippen LogP contribution in [0.2, 0.25) is 0 Å². The van der Waals surface area contributed by atoms with Crippen molar-refractivity contribution >= 4 is 12.0 Å². The van der Waals surface area contributed by atoms with E-state index in [0.29, 0.717) is 12.0 Å². The van der Waals surface area contributed by atoms with Gasteiger partial charge in [0.25, 0.3) is 0 Å². The van der Waals surface area contributed by atoms with Gasteiger partial charge in [0.2, 0.25) is 5.88 Å². The Morgan fingerprint density at radius 2 is 1.88 bits per heavy atom. The largest absolute Gasteiger partial charge is 0.474 e. The highest BCUT2D eigenvalue weighted by Crippen LogP contribution is 2.35. The van der Waals surface area contributed by atoms with E-state index < -0.39 is 0 Å². The molecule has 1 aromatic rings. The molecule has 1 fully saturated rings. The molecule has 0 bridgehead atoms. The molecule has 1 heterocycles. The Labute approximate surface area is 160 Å². The van der Waals surface area contributed by atoms with Crippen LogP contribution in [0.15, 0.2) is 11.1 Å². The van der Waals surface area contributed by atoms with Gasteiger partial charge in [0.05, 0.1) is 17.7 Å². The summed E-state index contributed by atoms with van der Waals surface area (Å²) in [4.78, 5) is 11.5. The summed E-state index contributed by atoms with van der Waals surface area (Å²) < 4.78 is 6.39. The highest BCUT2D eigenvalue weighted by Gasteiger charge is 2.26. The van der Waals surface area contributed by atoms with Crippen LogP contribution in [0.4, 0.5) is 5.69 Å². The summed E-state index contributed by atoms with van der Waals surface area (Å²) in [6.07, 6.45) is 7.00. The van der Waals surface area contributed by atoms with Gasteiger partial charge in [0.15, 0.2) is 0 Å². The van der Waals surface area contributed by atoms with Gasteiger partial charge in [-0.3, -0.25) is 0 Å². The zero-order chi connectivity index (χ0) is 19.3. The third-order valence-corrected chi connectivity index (χ3v) is 5.63. The molecule has 0 aliphatic heterocycles. The molecule has 1 aromatic heterocycles. The van der Waals surface area contributed by atoms with E-state index in [0.717, 1.165) is 54.0 Å². The zero-order valence-corrected chi connectivity index (χ0v) is 17.7. The lowest BCUT2D eigenvalue weighted by atomic mass is 9.80. The van der Waals surface area contributed by atoms with Gasteiger partial charge in [0.1, 0.15) is 6.10 Å². The van der Waals surface area contributed by atoms with E-state index in [1.807, 2.05) is 20.3 Å². The van der Waals surface area contributed by atoms with Crippen LogP contribution in [-0.4, -0.2) is 35.9 Å². The summed E-state index contributed by atoms with van der Waals surface area (Å²) >= 11 is 0. The Balaban J connectivity index is 2.15. The fourth-order valence-corrected chi connectivity index (χ4v) is 3.50. The van der Waals surface area contributed by atoms with Crippen molar-refractivity contribution in [3.63, 3.8) is 0 Å². The van der Waals surface area contributed by atoms with Crippen LogP contribution in [0.3, 0.4) is 0 Å². The molecule has 1 aliphatic rings. The third-order valence-electron chi connectivity index (χ3n) is 5.63. The van der Waals surface area contributed by atoms with Gasteiger partial charge in [-0.2, -0.15) is 0 Å². The van der Waals surface area contributed by atoms with E-state index in [9.17, 15) is 0 Å². The zero-order valence-electron chi connectivity index (χ0n) is 17.7. The van der Waals surface area contributed by atoms with Crippen molar-refractivity contribution in [2.24, 2.45) is 16.8 Å². The predicted octanol–water partition coefficient (Wildman–Crippen LogP) is 5.72. The van der Waals surface area contributed by atoms with Gasteiger partial charge < -0.3 is 9.64 Å². The van der Waals surface area contributed by atoms with Crippen LogP contribution in [0.5, 0.6) is 5.88 Å². The fraction of sp³-hybridized carbons (Fsp3) is 0.727. The SMILES string of the molecule is CCN(C)/C=N/c1cc(C(C)C)c(OC2CCC(C(C)C)CC2)nc1C. The van der Waals surface area contributed by atoms with Crippen LogP contribution >= 0.6 is 0 Å². The quantitative estimate of drug-likeness (QED) is 0.461. The first-order valence-corrected chi connectivity index (χ1v) is 10.2. The first kappa shape index (κ1) is 20.7. The number of hydrogen-bond acceptors (Lipinski definition) is 3. The van der Waals surface area contributed by atoms with Crippen LogP contribution < -0.4 is 4.74 Å². The minimum absolute atomic E-state index is 0.301. The highest BCUT2D eigenvalue weighted by atomic mass is 16.5. The topological polar surface area (TPSA) is 37.7 Å². The number of aliphatic imine (C=N–C) groups is 1. The standard InChI is InChI=1S/C22H37N3O/c1-8-25(7)14-23-21-13-20(16(4)5)22(24-17(21)6)26-19-11-9-18(10-12-19)15(2)3/h13-16,18-19H,8-12H2,1-7H3/b23-14+. The second kappa shape index (κ2) is 9.38. The van der Waals surface area contributed by atoms with Crippen LogP contribution in [0, 0.1) is 18.8 Å². The highest BCUT2D eigenvalue weighted by molar-refractivity contribution is 5.63. The summed E-state index contributed by atoms with van der Waals surface area (Å²) in [7, 11) is 2.03. The summed E-state index contributed by atoms with van der Waals surface area (Å²) in [5, 5.41) is 0. The molecule has 0 atom stereocenters. The van der Waals surface area contributed by atoms with Gasteiger partial charge in [0, 0.05) is 19.2 Å². The minimum Gasteiger partial charge on any atom is -0.474 e. The maximum atomic E-state index is 6.39. The minimum atomic E-state index is 0.301. The third kappa shape index (κ3) is 5.46. The van der Waals surface area contributed by atoms with Crippen molar-refractivity contribution < 1.29 is 4.74 Å². The molecule has 0 saturated heterocycles. The van der Waals surface area contributed by atoms with E-state index in [-0.39, 0.29) is 0 Å². The molecule has 0 aromatic carbocycles. The lowest BCUT2D eigenvalue weighted by molar-refractivity contribution is 0.111. The molecule has 2 rings (SSSR count). The van der Waals surface area contributed by atoms with E-state index in [4.69, 9.17) is 9.72 Å². The van der Waals surface area contributed by atoms with Crippen LogP contribution in [0.25, 0.3) is 0 Å².